The SMILES string of the molecule is Cc1ccc(NC(=O)[C@H]2CCCN(C(=O)c3ccc4ccccc4c3)C2)nc1. The van der Waals surface area contributed by atoms with Gasteiger partial charge in [-0.1, -0.05) is 36.4 Å². The number of anilines is 1. The van der Waals surface area contributed by atoms with Crippen LogP contribution < -0.4 is 5.32 Å². The fourth-order valence-corrected chi connectivity index (χ4v) is 3.65. The lowest BCUT2D eigenvalue weighted by molar-refractivity contribution is -0.121. The molecule has 0 aliphatic carbocycles. The molecule has 4 rings (SSSR count). The summed E-state index contributed by atoms with van der Waals surface area (Å²) >= 11 is 0. The van der Waals surface area contributed by atoms with Crippen LogP contribution in [-0.4, -0.2) is 34.8 Å². The third kappa shape index (κ3) is 3.88. The van der Waals surface area contributed by atoms with E-state index < -0.39 is 0 Å². The van der Waals surface area contributed by atoms with Gasteiger partial charge in [0.25, 0.3) is 5.91 Å². The van der Waals surface area contributed by atoms with E-state index in [1.54, 1.807) is 17.2 Å². The Balaban J connectivity index is 1.45. The molecule has 0 bridgehead atoms. The zero-order chi connectivity index (χ0) is 19.5. The van der Waals surface area contributed by atoms with Gasteiger partial charge in [0.2, 0.25) is 5.91 Å². The van der Waals surface area contributed by atoms with Crippen molar-refractivity contribution in [1.82, 2.24) is 9.88 Å². The minimum atomic E-state index is -0.221. The van der Waals surface area contributed by atoms with Crippen molar-refractivity contribution in [2.75, 3.05) is 18.4 Å². The molecule has 1 aromatic heterocycles. The molecule has 28 heavy (non-hydrogen) atoms. The third-order valence-electron chi connectivity index (χ3n) is 5.24. The lowest BCUT2D eigenvalue weighted by Crippen LogP contribution is -2.43. The highest BCUT2D eigenvalue weighted by molar-refractivity contribution is 5.99. The number of likely N-dealkylation sites (tertiary alicyclic amines) is 1. The summed E-state index contributed by atoms with van der Waals surface area (Å²) in [7, 11) is 0. The fraction of sp³-hybridized carbons (Fsp3) is 0.261. The van der Waals surface area contributed by atoms with Crippen molar-refractivity contribution in [1.29, 1.82) is 0 Å². The van der Waals surface area contributed by atoms with Gasteiger partial charge in [-0.15, -0.1) is 0 Å². The minimum absolute atomic E-state index is 0.0169. The molecule has 5 nitrogen and oxygen atoms in total. The molecule has 1 atom stereocenters. The molecule has 2 heterocycles. The number of nitrogens with zero attached hydrogens (tertiary/aromatic N) is 2. The molecule has 1 aliphatic rings. The minimum Gasteiger partial charge on any atom is -0.338 e. The van der Waals surface area contributed by atoms with Crippen LogP contribution in [0.25, 0.3) is 10.8 Å². The Morgan fingerprint density at radius 3 is 2.68 bits per heavy atom. The van der Waals surface area contributed by atoms with Crippen molar-refractivity contribution in [3.63, 3.8) is 0 Å². The Hall–Kier alpha value is -3.21. The number of carbonyl (C=O) groups excluding carboxylic acids is 2. The molecule has 0 saturated carbocycles. The van der Waals surface area contributed by atoms with Gasteiger partial charge in [0.15, 0.2) is 0 Å². The Morgan fingerprint density at radius 2 is 1.89 bits per heavy atom. The number of nitrogens with one attached hydrogen (secondary N) is 1. The van der Waals surface area contributed by atoms with Gasteiger partial charge in [-0.3, -0.25) is 9.59 Å². The van der Waals surface area contributed by atoms with E-state index in [1.807, 2.05) is 55.5 Å². The average molecular weight is 373 g/mol. The lowest BCUT2D eigenvalue weighted by Gasteiger charge is -2.32. The maximum absolute atomic E-state index is 13.0. The number of hydrogen-bond acceptors (Lipinski definition) is 3. The molecule has 1 saturated heterocycles. The Morgan fingerprint density at radius 1 is 1.07 bits per heavy atom. The first-order chi connectivity index (χ1) is 13.6. The monoisotopic (exact) mass is 373 g/mol. The number of fused-ring (bicyclic) bond motifs is 1. The number of hydrogen-bond donors (Lipinski definition) is 1. The summed E-state index contributed by atoms with van der Waals surface area (Å²) in [5.41, 5.74) is 1.71. The normalized spacial score (nSPS) is 16.8. The maximum Gasteiger partial charge on any atom is 0.253 e. The van der Waals surface area contributed by atoms with Crippen molar-refractivity contribution in [2.45, 2.75) is 19.8 Å². The number of carbonyl (C=O) groups is 2. The smallest absolute Gasteiger partial charge is 0.253 e. The van der Waals surface area contributed by atoms with Crippen molar-refractivity contribution in [3.05, 3.63) is 71.9 Å². The van der Waals surface area contributed by atoms with E-state index in [0.717, 1.165) is 29.2 Å². The van der Waals surface area contributed by atoms with Crippen LogP contribution in [0.1, 0.15) is 28.8 Å². The molecule has 0 radical (unpaired) electrons. The zero-order valence-corrected chi connectivity index (χ0v) is 15.9. The lowest BCUT2D eigenvalue weighted by atomic mass is 9.96. The van der Waals surface area contributed by atoms with E-state index in [1.165, 1.54) is 0 Å². The molecule has 3 aromatic rings. The van der Waals surface area contributed by atoms with Crippen LogP contribution in [0.3, 0.4) is 0 Å². The highest BCUT2D eigenvalue weighted by Gasteiger charge is 2.29. The molecule has 1 N–H and O–H groups in total. The highest BCUT2D eigenvalue weighted by Crippen LogP contribution is 2.22. The van der Waals surface area contributed by atoms with E-state index in [9.17, 15) is 9.59 Å². The summed E-state index contributed by atoms with van der Waals surface area (Å²) in [6.45, 7) is 3.07. The predicted molar refractivity (Wildman–Crippen MR) is 110 cm³/mol. The van der Waals surface area contributed by atoms with Crippen LogP contribution in [-0.2, 0) is 4.79 Å². The van der Waals surface area contributed by atoms with Crippen LogP contribution in [0.5, 0.6) is 0 Å². The average Bonchev–Trinajstić information content (AvgIpc) is 2.74. The summed E-state index contributed by atoms with van der Waals surface area (Å²) in [5.74, 6) is 0.235. The maximum atomic E-state index is 13.0. The molecule has 0 spiro atoms. The van der Waals surface area contributed by atoms with Crippen LogP contribution >= 0.6 is 0 Å². The standard InChI is InChI=1S/C23H23N3O2/c1-16-8-11-21(24-14-16)25-22(27)20-7-4-12-26(15-20)23(28)19-10-9-17-5-2-3-6-18(17)13-19/h2-3,5-6,8-11,13-14,20H,4,7,12,15H2,1H3,(H,24,25,27)/t20-/m0/s1. The van der Waals surface area contributed by atoms with Crippen LogP contribution in [0, 0.1) is 12.8 Å². The van der Waals surface area contributed by atoms with Crippen LogP contribution in [0.2, 0.25) is 0 Å². The molecule has 1 aliphatic heterocycles. The first-order valence-corrected chi connectivity index (χ1v) is 9.62. The third-order valence-corrected chi connectivity index (χ3v) is 5.24. The van der Waals surface area contributed by atoms with Gasteiger partial charge in [-0.2, -0.15) is 0 Å². The van der Waals surface area contributed by atoms with Gasteiger partial charge in [-0.05, 0) is 54.3 Å². The molecular weight excluding hydrogens is 350 g/mol. The summed E-state index contributed by atoms with van der Waals surface area (Å²) < 4.78 is 0. The molecular formula is C23H23N3O2. The van der Waals surface area contributed by atoms with Gasteiger partial charge in [0, 0.05) is 24.8 Å². The van der Waals surface area contributed by atoms with Gasteiger partial charge in [-0.25, -0.2) is 4.98 Å². The Labute approximate surface area is 164 Å². The van der Waals surface area contributed by atoms with E-state index in [-0.39, 0.29) is 17.7 Å². The molecule has 5 heteroatoms. The fourth-order valence-electron chi connectivity index (χ4n) is 3.65. The van der Waals surface area contributed by atoms with Gasteiger partial charge < -0.3 is 10.2 Å². The van der Waals surface area contributed by atoms with E-state index in [4.69, 9.17) is 0 Å². The summed E-state index contributed by atoms with van der Waals surface area (Å²) in [4.78, 5) is 31.7. The number of aromatic nitrogens is 1. The van der Waals surface area contributed by atoms with Crippen molar-refractivity contribution >= 4 is 28.4 Å². The number of piperidine rings is 1. The topological polar surface area (TPSA) is 62.3 Å². The second kappa shape index (κ2) is 7.80. The number of pyridine rings is 1. The first kappa shape index (κ1) is 18.2. The first-order valence-electron chi connectivity index (χ1n) is 9.62. The summed E-state index contributed by atoms with van der Waals surface area (Å²) in [6.07, 6.45) is 3.32. The van der Waals surface area contributed by atoms with E-state index >= 15 is 0 Å². The van der Waals surface area contributed by atoms with Gasteiger partial charge in [0.05, 0.1) is 5.92 Å². The van der Waals surface area contributed by atoms with E-state index in [0.29, 0.717) is 24.5 Å². The number of aryl methyl sites for hydroxylation is 1. The van der Waals surface area contributed by atoms with Crippen molar-refractivity contribution in [3.8, 4) is 0 Å². The van der Waals surface area contributed by atoms with Gasteiger partial charge in [0.1, 0.15) is 5.82 Å². The molecule has 1 fully saturated rings. The largest absolute Gasteiger partial charge is 0.338 e. The number of rotatable bonds is 3. The number of amides is 2. The Bertz CT molecular complexity index is 1010. The second-order valence-electron chi connectivity index (χ2n) is 7.36. The van der Waals surface area contributed by atoms with E-state index in [2.05, 4.69) is 10.3 Å². The van der Waals surface area contributed by atoms with Crippen molar-refractivity contribution in [2.24, 2.45) is 5.92 Å². The van der Waals surface area contributed by atoms with Crippen LogP contribution in [0.4, 0.5) is 5.82 Å². The quantitative estimate of drug-likeness (QED) is 0.754. The molecule has 2 aromatic carbocycles. The molecule has 2 amide bonds. The second-order valence-corrected chi connectivity index (χ2v) is 7.36. The van der Waals surface area contributed by atoms with Crippen molar-refractivity contribution < 1.29 is 9.59 Å². The zero-order valence-electron chi connectivity index (χ0n) is 15.9. The summed E-state index contributed by atoms with van der Waals surface area (Å²) in [6, 6.07) is 17.5. The molecule has 0 unspecified atom stereocenters. The summed E-state index contributed by atoms with van der Waals surface area (Å²) in [5, 5.41) is 5.03. The predicted octanol–water partition coefficient (Wildman–Crippen LogP) is 4.03. The highest BCUT2D eigenvalue weighted by atomic mass is 16.2. The molecule has 142 valence electrons. The van der Waals surface area contributed by atoms with Crippen LogP contribution in [0.15, 0.2) is 60.8 Å². The Kier molecular flexibility index (Phi) is 5.06. The number of benzene rings is 2. The van der Waals surface area contributed by atoms with Gasteiger partial charge >= 0.3 is 0 Å².